The zero-order valence-corrected chi connectivity index (χ0v) is 15.7. The minimum Gasteiger partial charge on any atom is -0.268 e. The van der Waals surface area contributed by atoms with E-state index in [4.69, 9.17) is 4.98 Å². The Morgan fingerprint density at radius 1 is 1.27 bits per heavy atom. The highest BCUT2D eigenvalue weighted by Gasteiger charge is 2.26. The van der Waals surface area contributed by atoms with Gasteiger partial charge in [-0.2, -0.15) is 0 Å². The highest BCUT2D eigenvalue weighted by Crippen LogP contribution is 2.35. The molecule has 0 fully saturated rings. The van der Waals surface area contributed by atoms with E-state index < -0.39 is 0 Å². The number of hydrogen-bond donors (Lipinski definition) is 0. The first-order valence-electron chi connectivity index (χ1n) is 8.23. The second-order valence-corrected chi connectivity index (χ2v) is 8.42. The van der Waals surface area contributed by atoms with Crippen LogP contribution < -0.4 is 5.56 Å². The first kappa shape index (κ1) is 17.3. The molecule has 0 bridgehead atoms. The van der Waals surface area contributed by atoms with E-state index in [0.29, 0.717) is 26.7 Å². The van der Waals surface area contributed by atoms with E-state index >= 15 is 0 Å². The number of halogens is 1. The van der Waals surface area contributed by atoms with E-state index in [9.17, 15) is 9.18 Å². The summed E-state index contributed by atoms with van der Waals surface area (Å²) >= 11 is 3.03. The SMILES string of the molecule is C[C@H]1Cc2nc(SCc3ccccn3)n(-c3ccc(F)cc3)c(=O)c2S1. The second kappa shape index (κ2) is 7.25. The predicted molar refractivity (Wildman–Crippen MR) is 103 cm³/mol. The quantitative estimate of drug-likeness (QED) is 0.500. The summed E-state index contributed by atoms with van der Waals surface area (Å²) in [6.45, 7) is 2.09. The van der Waals surface area contributed by atoms with Crippen LogP contribution in [0.5, 0.6) is 0 Å². The van der Waals surface area contributed by atoms with Crippen molar-refractivity contribution >= 4 is 23.5 Å². The largest absolute Gasteiger partial charge is 0.272 e. The molecule has 4 rings (SSSR count). The molecule has 3 aromatic rings. The number of hydrogen-bond acceptors (Lipinski definition) is 5. The van der Waals surface area contributed by atoms with Gasteiger partial charge in [0.1, 0.15) is 5.82 Å². The Bertz CT molecular complexity index is 990. The van der Waals surface area contributed by atoms with Crippen molar-refractivity contribution in [3.8, 4) is 5.69 Å². The summed E-state index contributed by atoms with van der Waals surface area (Å²) in [5.41, 5.74) is 2.31. The van der Waals surface area contributed by atoms with Crippen molar-refractivity contribution in [1.82, 2.24) is 14.5 Å². The van der Waals surface area contributed by atoms with Gasteiger partial charge in [0.25, 0.3) is 5.56 Å². The lowest BCUT2D eigenvalue weighted by Gasteiger charge is -2.13. The van der Waals surface area contributed by atoms with Gasteiger partial charge in [-0.1, -0.05) is 24.8 Å². The fourth-order valence-corrected chi connectivity index (χ4v) is 4.88. The van der Waals surface area contributed by atoms with E-state index in [0.717, 1.165) is 17.8 Å². The van der Waals surface area contributed by atoms with Crippen LogP contribution in [0.2, 0.25) is 0 Å². The molecule has 0 unspecified atom stereocenters. The summed E-state index contributed by atoms with van der Waals surface area (Å²) in [6.07, 6.45) is 2.54. The fraction of sp³-hybridized carbons (Fsp3) is 0.211. The van der Waals surface area contributed by atoms with Crippen molar-refractivity contribution in [3.63, 3.8) is 0 Å². The molecule has 1 aromatic carbocycles. The van der Waals surface area contributed by atoms with Crippen LogP contribution in [0.4, 0.5) is 4.39 Å². The number of aromatic nitrogens is 3. The number of nitrogens with zero attached hydrogens (tertiary/aromatic N) is 3. The standard InChI is InChI=1S/C19H16FN3OS2/c1-12-10-16-17(26-12)18(24)23(15-7-5-13(20)6-8-15)19(22-16)25-11-14-4-2-3-9-21-14/h2-9,12H,10-11H2,1H3/t12-/m0/s1. The lowest BCUT2D eigenvalue weighted by atomic mass is 10.2. The molecule has 4 nitrogen and oxygen atoms in total. The highest BCUT2D eigenvalue weighted by molar-refractivity contribution is 8.00. The number of rotatable bonds is 4. The van der Waals surface area contributed by atoms with Gasteiger partial charge >= 0.3 is 0 Å². The molecule has 0 aliphatic carbocycles. The third-order valence-corrected chi connectivity index (χ3v) is 6.23. The van der Waals surface area contributed by atoms with Crippen molar-refractivity contribution in [2.45, 2.75) is 34.4 Å². The maximum absolute atomic E-state index is 13.3. The first-order chi connectivity index (χ1) is 12.6. The van der Waals surface area contributed by atoms with E-state index in [2.05, 4.69) is 11.9 Å². The Kier molecular flexibility index (Phi) is 4.82. The van der Waals surface area contributed by atoms with Crippen LogP contribution in [0.3, 0.4) is 0 Å². The normalized spacial score (nSPS) is 15.8. The van der Waals surface area contributed by atoms with Crippen molar-refractivity contribution in [2.24, 2.45) is 0 Å². The lowest BCUT2D eigenvalue weighted by Crippen LogP contribution is -2.23. The molecule has 1 atom stereocenters. The molecule has 0 saturated heterocycles. The summed E-state index contributed by atoms with van der Waals surface area (Å²) < 4.78 is 14.9. The van der Waals surface area contributed by atoms with Crippen LogP contribution in [0.15, 0.2) is 63.5 Å². The molecule has 0 radical (unpaired) electrons. The molecule has 0 saturated carbocycles. The van der Waals surface area contributed by atoms with Gasteiger partial charge in [0.05, 0.1) is 22.0 Å². The number of pyridine rings is 1. The number of benzene rings is 1. The summed E-state index contributed by atoms with van der Waals surface area (Å²) in [5, 5.41) is 0.948. The van der Waals surface area contributed by atoms with Gasteiger partial charge in [-0.3, -0.25) is 14.3 Å². The van der Waals surface area contributed by atoms with E-state index in [1.165, 1.54) is 23.9 Å². The summed E-state index contributed by atoms with van der Waals surface area (Å²) in [4.78, 5) is 22.9. The van der Waals surface area contributed by atoms with Gasteiger partial charge in [-0.05, 0) is 36.4 Å². The first-order valence-corrected chi connectivity index (χ1v) is 10.1. The Balaban J connectivity index is 1.78. The molecule has 0 spiro atoms. The van der Waals surface area contributed by atoms with E-state index in [1.54, 1.807) is 34.7 Å². The van der Waals surface area contributed by atoms with Crippen LogP contribution in [0, 0.1) is 5.82 Å². The zero-order chi connectivity index (χ0) is 18.1. The zero-order valence-electron chi connectivity index (χ0n) is 14.1. The molecule has 0 amide bonds. The maximum Gasteiger partial charge on any atom is 0.272 e. The van der Waals surface area contributed by atoms with Gasteiger partial charge in [0, 0.05) is 23.6 Å². The molecule has 132 valence electrons. The minimum atomic E-state index is -0.332. The van der Waals surface area contributed by atoms with Gasteiger partial charge in [0.15, 0.2) is 5.16 Å². The number of fused-ring (bicyclic) bond motifs is 1. The third-order valence-electron chi connectivity index (χ3n) is 4.04. The van der Waals surface area contributed by atoms with E-state index in [-0.39, 0.29) is 11.4 Å². The van der Waals surface area contributed by atoms with Crippen molar-refractivity contribution in [3.05, 3.63) is 76.2 Å². The Labute approximate surface area is 158 Å². The predicted octanol–water partition coefficient (Wildman–Crippen LogP) is 4.10. The lowest BCUT2D eigenvalue weighted by molar-refractivity contribution is 0.626. The molecule has 1 aliphatic heterocycles. The molecule has 1 aliphatic rings. The van der Waals surface area contributed by atoms with Crippen LogP contribution in [0.25, 0.3) is 5.69 Å². The third kappa shape index (κ3) is 3.41. The summed E-state index contributed by atoms with van der Waals surface area (Å²) in [6, 6.07) is 11.7. The average molecular weight is 385 g/mol. The molecular weight excluding hydrogens is 369 g/mol. The van der Waals surface area contributed by atoms with Crippen LogP contribution in [-0.2, 0) is 12.2 Å². The minimum absolute atomic E-state index is 0.0838. The van der Waals surface area contributed by atoms with Gasteiger partial charge in [-0.15, -0.1) is 11.8 Å². The van der Waals surface area contributed by atoms with E-state index in [1.807, 2.05) is 18.2 Å². The molecule has 3 heterocycles. The van der Waals surface area contributed by atoms with Crippen LogP contribution in [0.1, 0.15) is 18.3 Å². The second-order valence-electron chi connectivity index (χ2n) is 6.03. The molecule has 26 heavy (non-hydrogen) atoms. The van der Waals surface area contributed by atoms with Gasteiger partial charge < -0.3 is 0 Å². The Hall–Kier alpha value is -2.12. The monoisotopic (exact) mass is 385 g/mol. The van der Waals surface area contributed by atoms with Crippen molar-refractivity contribution in [2.75, 3.05) is 0 Å². The Morgan fingerprint density at radius 3 is 2.81 bits per heavy atom. The fourth-order valence-electron chi connectivity index (χ4n) is 2.84. The number of thioether (sulfide) groups is 2. The molecular formula is C19H16FN3OS2. The average Bonchev–Trinajstić information content (AvgIpc) is 3.03. The van der Waals surface area contributed by atoms with Crippen molar-refractivity contribution < 1.29 is 4.39 Å². The molecule has 7 heteroatoms. The maximum atomic E-state index is 13.3. The van der Waals surface area contributed by atoms with Crippen molar-refractivity contribution in [1.29, 1.82) is 0 Å². The van der Waals surface area contributed by atoms with Gasteiger partial charge in [0.2, 0.25) is 0 Å². The smallest absolute Gasteiger partial charge is 0.268 e. The van der Waals surface area contributed by atoms with Crippen LogP contribution in [-0.4, -0.2) is 19.8 Å². The topological polar surface area (TPSA) is 47.8 Å². The molecule has 2 aromatic heterocycles. The highest BCUT2D eigenvalue weighted by atomic mass is 32.2. The summed E-state index contributed by atoms with van der Waals surface area (Å²) in [5.74, 6) is 0.275. The Morgan fingerprint density at radius 2 is 2.08 bits per heavy atom. The summed E-state index contributed by atoms with van der Waals surface area (Å²) in [7, 11) is 0. The van der Waals surface area contributed by atoms with Crippen LogP contribution >= 0.6 is 23.5 Å². The molecule has 0 N–H and O–H groups in total. The van der Waals surface area contributed by atoms with Gasteiger partial charge in [-0.25, -0.2) is 9.37 Å².